The van der Waals surface area contributed by atoms with E-state index >= 15 is 0 Å². The molecule has 0 bridgehead atoms. The number of amides is 2. The molecule has 0 aliphatic heterocycles. The van der Waals surface area contributed by atoms with Gasteiger partial charge in [-0.15, -0.1) is 0 Å². The van der Waals surface area contributed by atoms with Gasteiger partial charge in [-0.25, -0.2) is 8.42 Å². The molecule has 2 N–H and O–H groups in total. The molecule has 0 aromatic heterocycles. The lowest BCUT2D eigenvalue weighted by Gasteiger charge is -2.22. The van der Waals surface area contributed by atoms with E-state index in [4.69, 9.17) is 0 Å². The largest absolute Gasteiger partial charge is 0.326 e. The zero-order chi connectivity index (χ0) is 22.4. The molecule has 0 aliphatic carbocycles. The molecular weight excluding hydrogens is 414 g/mol. The zero-order valence-electron chi connectivity index (χ0n) is 17.2. The third kappa shape index (κ3) is 6.16. The fourth-order valence-electron chi connectivity index (χ4n) is 3.01. The van der Waals surface area contributed by atoms with Crippen LogP contribution >= 0.6 is 0 Å². The summed E-state index contributed by atoms with van der Waals surface area (Å²) < 4.78 is 25.9. The van der Waals surface area contributed by atoms with Gasteiger partial charge in [-0.3, -0.25) is 13.9 Å². The van der Waals surface area contributed by atoms with Gasteiger partial charge in [0.05, 0.1) is 18.5 Å². The van der Waals surface area contributed by atoms with Crippen molar-refractivity contribution in [3.05, 3.63) is 90.0 Å². The van der Waals surface area contributed by atoms with Crippen molar-refractivity contribution >= 4 is 38.9 Å². The Morgan fingerprint density at radius 2 is 1.45 bits per heavy atom. The highest BCUT2D eigenvalue weighted by atomic mass is 32.2. The van der Waals surface area contributed by atoms with E-state index in [1.807, 2.05) is 30.3 Å². The maximum Gasteiger partial charge on any atom is 0.255 e. The lowest BCUT2D eigenvalue weighted by molar-refractivity contribution is -0.114. The van der Waals surface area contributed by atoms with Crippen molar-refractivity contribution in [2.75, 3.05) is 21.2 Å². The van der Waals surface area contributed by atoms with Crippen LogP contribution in [0.4, 0.5) is 17.1 Å². The molecule has 31 heavy (non-hydrogen) atoms. The minimum atomic E-state index is -3.51. The average Bonchev–Trinajstić information content (AvgIpc) is 2.72. The van der Waals surface area contributed by atoms with Gasteiger partial charge in [0.25, 0.3) is 5.91 Å². The number of nitrogens with zero attached hydrogens (tertiary/aromatic N) is 1. The summed E-state index contributed by atoms with van der Waals surface area (Å²) in [5.41, 5.74) is 2.80. The molecule has 160 valence electrons. The Balaban J connectivity index is 1.76. The predicted molar refractivity (Wildman–Crippen MR) is 123 cm³/mol. The van der Waals surface area contributed by atoms with Crippen LogP contribution in [0.3, 0.4) is 0 Å². The summed E-state index contributed by atoms with van der Waals surface area (Å²) in [6.45, 7) is 1.60. The first-order valence-corrected chi connectivity index (χ1v) is 11.4. The zero-order valence-corrected chi connectivity index (χ0v) is 18.0. The number of rotatable bonds is 7. The lowest BCUT2D eigenvalue weighted by Crippen LogP contribution is -2.29. The molecule has 8 heteroatoms. The highest BCUT2D eigenvalue weighted by molar-refractivity contribution is 7.92. The van der Waals surface area contributed by atoms with Crippen LogP contribution < -0.4 is 14.9 Å². The quantitative estimate of drug-likeness (QED) is 0.587. The van der Waals surface area contributed by atoms with Gasteiger partial charge < -0.3 is 10.6 Å². The SMILES string of the molecule is CC(=O)Nc1cccc(NC(=O)c2ccc(N(Cc3ccccc3)S(C)(=O)=O)cc2)c1. The number of anilines is 3. The summed E-state index contributed by atoms with van der Waals surface area (Å²) in [5, 5.41) is 5.43. The average molecular weight is 438 g/mol. The fourth-order valence-corrected chi connectivity index (χ4v) is 3.90. The summed E-state index contributed by atoms with van der Waals surface area (Å²) in [6, 6.07) is 22.4. The van der Waals surface area contributed by atoms with E-state index in [9.17, 15) is 18.0 Å². The Hall–Kier alpha value is -3.65. The highest BCUT2D eigenvalue weighted by Gasteiger charge is 2.18. The summed E-state index contributed by atoms with van der Waals surface area (Å²) in [5.74, 6) is -0.550. The Kier molecular flexibility index (Phi) is 6.71. The summed E-state index contributed by atoms with van der Waals surface area (Å²) in [7, 11) is -3.51. The summed E-state index contributed by atoms with van der Waals surface area (Å²) in [6.07, 6.45) is 1.15. The van der Waals surface area contributed by atoms with Crippen molar-refractivity contribution < 1.29 is 18.0 Å². The van der Waals surface area contributed by atoms with Crippen LogP contribution in [-0.4, -0.2) is 26.5 Å². The molecule has 0 saturated heterocycles. The molecule has 0 fully saturated rings. The van der Waals surface area contributed by atoms with E-state index in [1.165, 1.54) is 11.2 Å². The van der Waals surface area contributed by atoms with Crippen molar-refractivity contribution in [3.63, 3.8) is 0 Å². The van der Waals surface area contributed by atoms with Crippen molar-refractivity contribution in [2.24, 2.45) is 0 Å². The summed E-state index contributed by atoms with van der Waals surface area (Å²) >= 11 is 0. The number of hydrogen-bond donors (Lipinski definition) is 2. The fraction of sp³-hybridized carbons (Fsp3) is 0.130. The third-order valence-corrected chi connectivity index (χ3v) is 5.57. The molecule has 3 rings (SSSR count). The second-order valence-electron chi connectivity index (χ2n) is 7.02. The molecule has 0 unspecified atom stereocenters. The van der Waals surface area contributed by atoms with E-state index in [0.717, 1.165) is 11.8 Å². The molecule has 0 radical (unpaired) electrons. The number of carbonyl (C=O) groups is 2. The van der Waals surface area contributed by atoms with E-state index in [1.54, 1.807) is 48.5 Å². The van der Waals surface area contributed by atoms with Crippen LogP contribution in [0.5, 0.6) is 0 Å². The second kappa shape index (κ2) is 9.44. The van der Waals surface area contributed by atoms with Gasteiger partial charge in [0.1, 0.15) is 0 Å². The first-order valence-electron chi connectivity index (χ1n) is 9.53. The number of sulfonamides is 1. The third-order valence-electron chi connectivity index (χ3n) is 4.43. The minimum Gasteiger partial charge on any atom is -0.326 e. The van der Waals surface area contributed by atoms with Crippen molar-refractivity contribution in [3.8, 4) is 0 Å². The smallest absolute Gasteiger partial charge is 0.255 e. The molecule has 0 aliphatic rings. The Morgan fingerprint density at radius 1 is 0.839 bits per heavy atom. The van der Waals surface area contributed by atoms with E-state index in [-0.39, 0.29) is 18.4 Å². The standard InChI is InChI=1S/C23H23N3O4S/c1-17(27)24-20-9-6-10-21(15-20)25-23(28)19-11-13-22(14-12-19)26(31(2,29)30)16-18-7-4-3-5-8-18/h3-15H,16H2,1-2H3,(H,24,27)(H,25,28). The van der Waals surface area contributed by atoms with Gasteiger partial charge in [-0.1, -0.05) is 36.4 Å². The van der Waals surface area contributed by atoms with Gasteiger partial charge >= 0.3 is 0 Å². The van der Waals surface area contributed by atoms with Gasteiger partial charge in [0, 0.05) is 23.9 Å². The maximum atomic E-state index is 12.6. The van der Waals surface area contributed by atoms with Gasteiger partial charge in [-0.2, -0.15) is 0 Å². The normalized spacial score (nSPS) is 10.9. The minimum absolute atomic E-state index is 0.196. The van der Waals surface area contributed by atoms with Crippen LogP contribution in [0.1, 0.15) is 22.8 Å². The summed E-state index contributed by atoms with van der Waals surface area (Å²) in [4.78, 5) is 23.8. The molecule has 0 saturated carbocycles. The Bertz CT molecular complexity index is 1180. The molecule has 2 amide bonds. The van der Waals surface area contributed by atoms with Crippen molar-refractivity contribution in [2.45, 2.75) is 13.5 Å². The predicted octanol–water partition coefficient (Wildman–Crippen LogP) is 3.86. The van der Waals surface area contributed by atoms with E-state index in [0.29, 0.717) is 22.6 Å². The maximum absolute atomic E-state index is 12.6. The van der Waals surface area contributed by atoms with Gasteiger partial charge in [0.2, 0.25) is 15.9 Å². The first kappa shape index (κ1) is 22.0. The van der Waals surface area contributed by atoms with Gasteiger partial charge in [-0.05, 0) is 48.0 Å². The molecule has 3 aromatic carbocycles. The monoisotopic (exact) mass is 437 g/mol. The van der Waals surface area contributed by atoms with E-state index < -0.39 is 10.0 Å². The van der Waals surface area contributed by atoms with Crippen LogP contribution in [0.25, 0.3) is 0 Å². The van der Waals surface area contributed by atoms with Gasteiger partial charge in [0.15, 0.2) is 0 Å². The Morgan fingerprint density at radius 3 is 2.03 bits per heavy atom. The van der Waals surface area contributed by atoms with Crippen molar-refractivity contribution in [1.29, 1.82) is 0 Å². The Labute approximate surface area is 181 Å². The topological polar surface area (TPSA) is 95.6 Å². The molecule has 0 heterocycles. The molecule has 0 spiro atoms. The van der Waals surface area contributed by atoms with Crippen LogP contribution in [-0.2, 0) is 21.4 Å². The van der Waals surface area contributed by atoms with E-state index in [2.05, 4.69) is 10.6 Å². The first-order chi connectivity index (χ1) is 14.7. The molecular formula is C23H23N3O4S. The van der Waals surface area contributed by atoms with Crippen LogP contribution in [0.15, 0.2) is 78.9 Å². The molecule has 3 aromatic rings. The van der Waals surface area contributed by atoms with Crippen molar-refractivity contribution in [1.82, 2.24) is 0 Å². The van der Waals surface area contributed by atoms with Crippen LogP contribution in [0.2, 0.25) is 0 Å². The molecule has 0 atom stereocenters. The lowest BCUT2D eigenvalue weighted by atomic mass is 10.1. The molecule has 7 nitrogen and oxygen atoms in total. The number of benzene rings is 3. The second-order valence-corrected chi connectivity index (χ2v) is 8.93. The highest BCUT2D eigenvalue weighted by Crippen LogP contribution is 2.22. The number of carbonyl (C=O) groups excluding carboxylic acids is 2. The number of hydrogen-bond acceptors (Lipinski definition) is 4. The van der Waals surface area contributed by atoms with Crippen LogP contribution in [0, 0.1) is 0 Å². The number of nitrogens with one attached hydrogen (secondary N) is 2.